The van der Waals surface area contributed by atoms with Gasteiger partial charge in [0.25, 0.3) is 0 Å². The van der Waals surface area contributed by atoms with E-state index in [0.29, 0.717) is 5.75 Å². The molecule has 2 aliphatic heterocycles. The molecule has 0 aliphatic carbocycles. The van der Waals surface area contributed by atoms with Crippen LogP contribution in [0.5, 0.6) is 5.75 Å². The number of rotatable bonds is 6. The van der Waals surface area contributed by atoms with E-state index in [0.717, 1.165) is 24.8 Å². The molecule has 2 bridgehead atoms. The van der Waals surface area contributed by atoms with Gasteiger partial charge in [0.2, 0.25) is 0 Å². The first-order valence-corrected chi connectivity index (χ1v) is 7.38. The third-order valence-corrected chi connectivity index (χ3v) is 4.58. The highest BCUT2D eigenvalue weighted by molar-refractivity contribution is 5.68. The zero-order valence-electron chi connectivity index (χ0n) is 11.8. The molecular formula is C16H20O5. The molecular weight excluding hydrogens is 272 g/mol. The van der Waals surface area contributed by atoms with Crippen LogP contribution in [-0.4, -0.2) is 41.6 Å². The van der Waals surface area contributed by atoms with Gasteiger partial charge in [0, 0.05) is 12.5 Å². The second kappa shape index (κ2) is 6.03. The second-order valence-electron chi connectivity index (χ2n) is 5.79. The van der Waals surface area contributed by atoms with Crippen molar-refractivity contribution in [2.24, 2.45) is 11.8 Å². The fourth-order valence-corrected chi connectivity index (χ4v) is 3.61. The monoisotopic (exact) mass is 292 g/mol. The molecule has 5 heteroatoms. The third kappa shape index (κ3) is 2.89. The maximum Gasteiger partial charge on any atom is 0.341 e. The highest BCUT2D eigenvalue weighted by Crippen LogP contribution is 2.45. The molecule has 1 aromatic rings. The Balaban J connectivity index is 1.74. The van der Waals surface area contributed by atoms with Crippen LogP contribution in [0.1, 0.15) is 18.4 Å². The van der Waals surface area contributed by atoms with Crippen LogP contribution < -0.4 is 4.74 Å². The number of hydrogen-bond acceptors (Lipinski definition) is 4. The SMILES string of the molecule is O=C(O)COc1ccccc1CC1C2CCC(O2)C1CO. The van der Waals surface area contributed by atoms with Crippen LogP contribution in [-0.2, 0) is 16.0 Å². The number of carboxylic acids is 1. The fraction of sp³-hybridized carbons (Fsp3) is 0.562. The van der Waals surface area contributed by atoms with Crippen molar-refractivity contribution in [1.82, 2.24) is 0 Å². The minimum atomic E-state index is -0.985. The summed E-state index contributed by atoms with van der Waals surface area (Å²) < 4.78 is 11.3. The first-order valence-electron chi connectivity index (χ1n) is 7.38. The van der Waals surface area contributed by atoms with E-state index in [2.05, 4.69) is 0 Å². The number of fused-ring (bicyclic) bond motifs is 2. The van der Waals surface area contributed by atoms with E-state index in [4.69, 9.17) is 14.6 Å². The summed E-state index contributed by atoms with van der Waals surface area (Å²) in [4.78, 5) is 10.7. The number of aliphatic carboxylic acids is 1. The van der Waals surface area contributed by atoms with Gasteiger partial charge in [-0.2, -0.15) is 0 Å². The quantitative estimate of drug-likeness (QED) is 0.830. The van der Waals surface area contributed by atoms with Crippen LogP contribution in [0, 0.1) is 11.8 Å². The Kier molecular flexibility index (Phi) is 4.12. The molecule has 3 rings (SSSR count). The Morgan fingerprint density at radius 2 is 1.95 bits per heavy atom. The van der Waals surface area contributed by atoms with E-state index < -0.39 is 5.97 Å². The molecule has 2 aliphatic rings. The highest BCUT2D eigenvalue weighted by atomic mass is 16.5. The Bertz CT molecular complexity index is 515. The molecule has 114 valence electrons. The average molecular weight is 292 g/mol. The number of aliphatic hydroxyl groups is 1. The van der Waals surface area contributed by atoms with Gasteiger partial charge in [-0.1, -0.05) is 18.2 Å². The fourth-order valence-electron chi connectivity index (χ4n) is 3.61. The number of carbonyl (C=O) groups is 1. The molecule has 0 saturated carbocycles. The molecule has 21 heavy (non-hydrogen) atoms. The summed E-state index contributed by atoms with van der Waals surface area (Å²) in [6.45, 7) is -0.197. The Hall–Kier alpha value is -1.59. The van der Waals surface area contributed by atoms with Gasteiger partial charge in [-0.25, -0.2) is 4.79 Å². The number of hydrogen-bond donors (Lipinski definition) is 2. The van der Waals surface area contributed by atoms with Crippen molar-refractivity contribution in [2.75, 3.05) is 13.2 Å². The van der Waals surface area contributed by atoms with Crippen molar-refractivity contribution in [3.05, 3.63) is 29.8 Å². The van der Waals surface area contributed by atoms with Gasteiger partial charge in [0.1, 0.15) is 5.75 Å². The predicted molar refractivity (Wildman–Crippen MR) is 75.2 cm³/mol. The number of aliphatic hydroxyl groups excluding tert-OH is 1. The summed E-state index contributed by atoms with van der Waals surface area (Å²) >= 11 is 0. The van der Waals surface area contributed by atoms with E-state index in [1.807, 2.05) is 18.2 Å². The van der Waals surface area contributed by atoms with Gasteiger partial charge in [0.05, 0.1) is 12.2 Å². The van der Waals surface area contributed by atoms with Crippen LogP contribution in [0.15, 0.2) is 24.3 Å². The van der Waals surface area contributed by atoms with Crippen molar-refractivity contribution >= 4 is 5.97 Å². The molecule has 0 aromatic heterocycles. The molecule has 0 spiro atoms. The number of benzene rings is 1. The van der Waals surface area contributed by atoms with Gasteiger partial charge >= 0.3 is 5.97 Å². The Morgan fingerprint density at radius 3 is 2.67 bits per heavy atom. The van der Waals surface area contributed by atoms with Gasteiger partial charge < -0.3 is 19.7 Å². The van der Waals surface area contributed by atoms with Crippen LogP contribution >= 0.6 is 0 Å². The summed E-state index contributed by atoms with van der Waals surface area (Å²) in [5.41, 5.74) is 0.985. The van der Waals surface area contributed by atoms with Crippen molar-refractivity contribution in [3.63, 3.8) is 0 Å². The van der Waals surface area contributed by atoms with E-state index in [1.54, 1.807) is 6.07 Å². The zero-order chi connectivity index (χ0) is 14.8. The lowest BCUT2D eigenvalue weighted by molar-refractivity contribution is -0.139. The maximum absolute atomic E-state index is 10.7. The maximum atomic E-state index is 10.7. The van der Waals surface area contributed by atoms with E-state index >= 15 is 0 Å². The number of ether oxygens (including phenoxy) is 2. The molecule has 2 fully saturated rings. The molecule has 4 unspecified atom stereocenters. The summed E-state index contributed by atoms with van der Waals surface area (Å²) in [6.07, 6.45) is 3.21. The normalized spacial score (nSPS) is 30.5. The van der Waals surface area contributed by atoms with Gasteiger partial charge in [-0.15, -0.1) is 0 Å². The summed E-state index contributed by atoms with van der Waals surface area (Å²) in [5.74, 6) is 0.0836. The van der Waals surface area contributed by atoms with E-state index in [9.17, 15) is 9.90 Å². The second-order valence-corrected chi connectivity index (χ2v) is 5.79. The van der Waals surface area contributed by atoms with Crippen LogP contribution in [0.3, 0.4) is 0 Å². The first-order chi connectivity index (χ1) is 10.2. The minimum Gasteiger partial charge on any atom is -0.482 e. The molecule has 5 nitrogen and oxygen atoms in total. The number of para-hydroxylation sites is 1. The largest absolute Gasteiger partial charge is 0.482 e. The van der Waals surface area contributed by atoms with Crippen LogP contribution in [0.2, 0.25) is 0 Å². The molecule has 1 aromatic carbocycles. The van der Waals surface area contributed by atoms with Gasteiger partial charge in [0.15, 0.2) is 6.61 Å². The number of carboxylic acid groups (broad SMARTS) is 1. The van der Waals surface area contributed by atoms with E-state index in [1.165, 1.54) is 0 Å². The summed E-state index contributed by atoms with van der Waals surface area (Å²) in [6, 6.07) is 7.50. The average Bonchev–Trinajstić information content (AvgIpc) is 3.07. The summed E-state index contributed by atoms with van der Waals surface area (Å²) in [7, 11) is 0. The van der Waals surface area contributed by atoms with Crippen LogP contribution in [0.25, 0.3) is 0 Å². The lowest BCUT2D eigenvalue weighted by Gasteiger charge is -2.27. The smallest absolute Gasteiger partial charge is 0.341 e. The minimum absolute atomic E-state index is 0.143. The lowest BCUT2D eigenvalue weighted by atomic mass is 9.76. The predicted octanol–water partition coefficient (Wildman–Crippen LogP) is 1.48. The molecule has 2 saturated heterocycles. The molecule has 0 radical (unpaired) electrons. The van der Waals surface area contributed by atoms with Crippen molar-refractivity contribution in [1.29, 1.82) is 0 Å². The highest BCUT2D eigenvalue weighted by Gasteiger charge is 2.48. The van der Waals surface area contributed by atoms with Gasteiger partial charge in [-0.3, -0.25) is 0 Å². The van der Waals surface area contributed by atoms with E-state index in [-0.39, 0.29) is 37.3 Å². The molecule has 2 heterocycles. The first kappa shape index (κ1) is 14.4. The van der Waals surface area contributed by atoms with Crippen molar-refractivity contribution in [2.45, 2.75) is 31.5 Å². The molecule has 4 atom stereocenters. The zero-order valence-corrected chi connectivity index (χ0v) is 11.8. The third-order valence-electron chi connectivity index (χ3n) is 4.58. The van der Waals surface area contributed by atoms with Gasteiger partial charge in [-0.05, 0) is 36.8 Å². The van der Waals surface area contributed by atoms with Crippen LogP contribution in [0.4, 0.5) is 0 Å². The molecule has 0 amide bonds. The van der Waals surface area contributed by atoms with Crippen molar-refractivity contribution in [3.8, 4) is 5.75 Å². The van der Waals surface area contributed by atoms with Crippen molar-refractivity contribution < 1.29 is 24.5 Å². The topological polar surface area (TPSA) is 76.0 Å². The molecule has 2 N–H and O–H groups in total. The lowest BCUT2D eigenvalue weighted by Crippen LogP contribution is -2.31. The summed E-state index contributed by atoms with van der Waals surface area (Å²) in [5, 5.41) is 18.3. The Labute approximate surface area is 123 Å². The Morgan fingerprint density at radius 1 is 1.24 bits per heavy atom. The standard InChI is InChI=1S/C16H20O5/c17-8-12-11(14-5-6-15(12)21-14)7-10-3-1-2-4-13(10)20-9-16(18)19/h1-4,11-12,14-15,17H,5-9H2,(H,18,19).